The standard InChI is InChI=1S/C18H20F3N5O/c1-11(27)22-13-6-8-14(9-7-13)23-16-10-15(18(19,20)21)25-17(26-16)24-12-4-2-3-5-12/h6-10,12H,2-5H2,1H3,(H,22,27)(H2,23,24,25,26). The second kappa shape index (κ2) is 7.81. The van der Waals surface area contributed by atoms with Crippen molar-refractivity contribution in [1.29, 1.82) is 0 Å². The van der Waals surface area contributed by atoms with Crippen LogP contribution in [0.25, 0.3) is 0 Å². The van der Waals surface area contributed by atoms with Crippen LogP contribution in [-0.4, -0.2) is 21.9 Å². The van der Waals surface area contributed by atoms with E-state index in [2.05, 4.69) is 25.9 Å². The smallest absolute Gasteiger partial charge is 0.351 e. The maximum absolute atomic E-state index is 13.2. The predicted molar refractivity (Wildman–Crippen MR) is 96.9 cm³/mol. The summed E-state index contributed by atoms with van der Waals surface area (Å²) < 4.78 is 39.6. The van der Waals surface area contributed by atoms with Crippen LogP contribution in [0, 0.1) is 0 Å². The third-order valence-electron chi connectivity index (χ3n) is 4.18. The van der Waals surface area contributed by atoms with E-state index < -0.39 is 11.9 Å². The molecule has 1 saturated carbocycles. The Kier molecular flexibility index (Phi) is 5.48. The monoisotopic (exact) mass is 379 g/mol. The summed E-state index contributed by atoms with van der Waals surface area (Å²) >= 11 is 0. The van der Waals surface area contributed by atoms with Gasteiger partial charge >= 0.3 is 6.18 Å². The number of anilines is 4. The number of alkyl halides is 3. The minimum atomic E-state index is -4.57. The van der Waals surface area contributed by atoms with Gasteiger partial charge in [-0.1, -0.05) is 12.8 Å². The molecule has 1 aliphatic carbocycles. The van der Waals surface area contributed by atoms with Crippen LogP contribution in [0.3, 0.4) is 0 Å². The van der Waals surface area contributed by atoms with Gasteiger partial charge in [-0.15, -0.1) is 0 Å². The minimum absolute atomic E-state index is 0.0332. The Balaban J connectivity index is 1.81. The first kappa shape index (κ1) is 18.9. The number of amides is 1. The van der Waals surface area contributed by atoms with Crippen molar-refractivity contribution in [3.8, 4) is 0 Å². The Morgan fingerprint density at radius 2 is 1.70 bits per heavy atom. The van der Waals surface area contributed by atoms with Crippen molar-refractivity contribution in [1.82, 2.24) is 9.97 Å². The summed E-state index contributed by atoms with van der Waals surface area (Å²) in [4.78, 5) is 18.8. The van der Waals surface area contributed by atoms with Gasteiger partial charge in [-0.2, -0.15) is 18.2 Å². The lowest BCUT2D eigenvalue weighted by atomic mass is 10.2. The molecule has 1 aromatic carbocycles. The summed E-state index contributed by atoms with van der Waals surface area (Å²) in [6.07, 6.45) is -0.689. The van der Waals surface area contributed by atoms with E-state index in [1.165, 1.54) is 6.92 Å². The largest absolute Gasteiger partial charge is 0.433 e. The number of rotatable bonds is 5. The molecule has 0 atom stereocenters. The summed E-state index contributed by atoms with van der Waals surface area (Å²) in [5.74, 6) is -0.192. The Labute approximate surface area is 154 Å². The van der Waals surface area contributed by atoms with Gasteiger partial charge in [0.25, 0.3) is 0 Å². The second-order valence-corrected chi connectivity index (χ2v) is 6.47. The van der Waals surface area contributed by atoms with E-state index in [1.54, 1.807) is 24.3 Å². The molecular weight excluding hydrogens is 359 g/mol. The summed E-state index contributed by atoms with van der Waals surface area (Å²) in [6.45, 7) is 1.39. The molecule has 1 amide bonds. The molecule has 1 fully saturated rings. The number of aromatic nitrogens is 2. The van der Waals surface area contributed by atoms with Crippen LogP contribution in [0.15, 0.2) is 30.3 Å². The fraction of sp³-hybridized carbons (Fsp3) is 0.389. The average molecular weight is 379 g/mol. The van der Waals surface area contributed by atoms with Crippen molar-refractivity contribution in [3.05, 3.63) is 36.0 Å². The van der Waals surface area contributed by atoms with Gasteiger partial charge in [0.1, 0.15) is 5.82 Å². The fourth-order valence-corrected chi connectivity index (χ4v) is 2.96. The molecule has 3 N–H and O–H groups in total. The van der Waals surface area contributed by atoms with Crippen LogP contribution >= 0.6 is 0 Å². The highest BCUT2D eigenvalue weighted by Crippen LogP contribution is 2.31. The molecule has 144 valence electrons. The first-order valence-electron chi connectivity index (χ1n) is 8.67. The second-order valence-electron chi connectivity index (χ2n) is 6.47. The maximum Gasteiger partial charge on any atom is 0.433 e. The molecule has 3 rings (SSSR count). The van der Waals surface area contributed by atoms with Crippen LogP contribution in [0.2, 0.25) is 0 Å². The van der Waals surface area contributed by atoms with E-state index in [0.29, 0.717) is 11.4 Å². The van der Waals surface area contributed by atoms with Crippen molar-refractivity contribution in [2.24, 2.45) is 0 Å². The molecule has 0 radical (unpaired) electrons. The maximum atomic E-state index is 13.2. The Bertz CT molecular complexity index is 802. The molecule has 1 heterocycles. The molecule has 1 aliphatic rings. The van der Waals surface area contributed by atoms with Crippen LogP contribution in [0.4, 0.5) is 36.3 Å². The third-order valence-corrected chi connectivity index (χ3v) is 4.18. The number of hydrogen-bond acceptors (Lipinski definition) is 5. The molecule has 9 heteroatoms. The first-order chi connectivity index (χ1) is 12.8. The Morgan fingerprint density at radius 1 is 1.07 bits per heavy atom. The van der Waals surface area contributed by atoms with E-state index in [4.69, 9.17) is 0 Å². The lowest BCUT2D eigenvalue weighted by Gasteiger charge is -2.16. The topological polar surface area (TPSA) is 78.9 Å². The van der Waals surface area contributed by atoms with Crippen molar-refractivity contribution in [3.63, 3.8) is 0 Å². The van der Waals surface area contributed by atoms with Gasteiger partial charge in [-0.3, -0.25) is 4.79 Å². The number of nitrogens with zero attached hydrogens (tertiary/aromatic N) is 2. The molecule has 27 heavy (non-hydrogen) atoms. The van der Waals surface area contributed by atoms with Gasteiger partial charge in [-0.05, 0) is 37.1 Å². The fourth-order valence-electron chi connectivity index (χ4n) is 2.96. The van der Waals surface area contributed by atoms with E-state index in [9.17, 15) is 18.0 Å². The number of halogens is 3. The van der Waals surface area contributed by atoms with Gasteiger partial charge in [0, 0.05) is 30.4 Å². The van der Waals surface area contributed by atoms with E-state index in [-0.39, 0.29) is 23.7 Å². The zero-order valence-electron chi connectivity index (χ0n) is 14.7. The van der Waals surface area contributed by atoms with Crippen LogP contribution in [0.1, 0.15) is 38.3 Å². The number of carbonyl (C=O) groups is 1. The quantitative estimate of drug-likeness (QED) is 0.710. The van der Waals surface area contributed by atoms with E-state index in [1.807, 2.05) is 0 Å². The van der Waals surface area contributed by atoms with Crippen LogP contribution in [-0.2, 0) is 11.0 Å². The molecule has 0 spiro atoms. The van der Waals surface area contributed by atoms with Crippen LogP contribution in [0.5, 0.6) is 0 Å². The normalized spacial score (nSPS) is 14.8. The summed E-state index contributed by atoms with van der Waals surface area (Å²) in [5.41, 5.74) is 0.133. The minimum Gasteiger partial charge on any atom is -0.351 e. The van der Waals surface area contributed by atoms with Crippen molar-refractivity contribution >= 4 is 29.0 Å². The molecule has 2 aromatic rings. The molecular formula is C18H20F3N5O. The van der Waals surface area contributed by atoms with Gasteiger partial charge in [0.2, 0.25) is 11.9 Å². The zero-order valence-corrected chi connectivity index (χ0v) is 14.7. The van der Waals surface area contributed by atoms with Crippen molar-refractivity contribution in [2.45, 2.75) is 44.8 Å². The average Bonchev–Trinajstić information content (AvgIpc) is 3.08. The Morgan fingerprint density at radius 3 is 2.30 bits per heavy atom. The van der Waals surface area contributed by atoms with Gasteiger partial charge in [0.15, 0.2) is 5.69 Å². The number of hydrogen-bond donors (Lipinski definition) is 3. The summed E-state index contributed by atoms with van der Waals surface area (Å²) in [5, 5.41) is 8.48. The van der Waals surface area contributed by atoms with Crippen LogP contribution < -0.4 is 16.0 Å². The molecule has 6 nitrogen and oxygen atoms in total. The number of benzene rings is 1. The number of carbonyl (C=O) groups excluding carboxylic acids is 1. The SMILES string of the molecule is CC(=O)Nc1ccc(Nc2cc(C(F)(F)F)nc(NC3CCCC3)n2)cc1. The molecule has 1 aromatic heterocycles. The Hall–Kier alpha value is -2.84. The molecule has 0 bridgehead atoms. The number of nitrogens with one attached hydrogen (secondary N) is 3. The first-order valence-corrected chi connectivity index (χ1v) is 8.67. The highest BCUT2D eigenvalue weighted by molar-refractivity contribution is 5.88. The van der Waals surface area contributed by atoms with E-state index >= 15 is 0 Å². The van der Waals surface area contributed by atoms with Crippen molar-refractivity contribution in [2.75, 3.05) is 16.0 Å². The van der Waals surface area contributed by atoms with Gasteiger partial charge in [0.05, 0.1) is 0 Å². The highest BCUT2D eigenvalue weighted by Gasteiger charge is 2.34. The summed E-state index contributed by atoms with van der Waals surface area (Å²) in [6, 6.07) is 7.55. The van der Waals surface area contributed by atoms with Crippen molar-refractivity contribution < 1.29 is 18.0 Å². The predicted octanol–water partition coefficient (Wildman–Crippen LogP) is 4.55. The lowest BCUT2D eigenvalue weighted by Crippen LogP contribution is -2.19. The van der Waals surface area contributed by atoms with E-state index in [0.717, 1.165) is 31.7 Å². The third kappa shape index (κ3) is 5.32. The van der Waals surface area contributed by atoms with Gasteiger partial charge < -0.3 is 16.0 Å². The molecule has 0 unspecified atom stereocenters. The zero-order chi connectivity index (χ0) is 19.4. The highest BCUT2D eigenvalue weighted by atomic mass is 19.4. The summed E-state index contributed by atoms with van der Waals surface area (Å²) in [7, 11) is 0. The lowest BCUT2D eigenvalue weighted by molar-refractivity contribution is -0.141. The van der Waals surface area contributed by atoms with Gasteiger partial charge in [-0.25, -0.2) is 4.98 Å². The molecule has 0 saturated heterocycles. The molecule has 0 aliphatic heterocycles.